The van der Waals surface area contributed by atoms with E-state index in [0.29, 0.717) is 0 Å². The zero-order valence-corrected chi connectivity index (χ0v) is 14.1. The lowest BCUT2D eigenvalue weighted by Gasteiger charge is -2.24. The average molecular weight is 329 g/mol. The molecule has 0 fully saturated rings. The van der Waals surface area contributed by atoms with E-state index in [1.54, 1.807) is 6.33 Å². The Balaban J connectivity index is 1.76. The Labute approximate surface area is 146 Å². The van der Waals surface area contributed by atoms with Gasteiger partial charge in [-0.15, -0.1) is 0 Å². The van der Waals surface area contributed by atoms with Gasteiger partial charge in [0.25, 0.3) is 0 Å². The molecule has 0 aliphatic rings. The van der Waals surface area contributed by atoms with Gasteiger partial charge >= 0.3 is 0 Å². The first kappa shape index (κ1) is 15.3. The highest BCUT2D eigenvalue weighted by molar-refractivity contribution is 5.86. The van der Waals surface area contributed by atoms with E-state index in [1.807, 2.05) is 19.1 Å². The van der Waals surface area contributed by atoms with Gasteiger partial charge in [-0.1, -0.05) is 60.7 Å². The molecule has 0 bridgehead atoms. The molecule has 2 aromatic heterocycles. The third-order valence-electron chi connectivity index (χ3n) is 4.23. The number of nitrogens with zero attached hydrogens (tertiary/aromatic N) is 4. The van der Waals surface area contributed by atoms with Crippen molar-refractivity contribution in [3.63, 3.8) is 0 Å². The fourth-order valence-electron chi connectivity index (χ4n) is 2.98. The van der Waals surface area contributed by atoms with Crippen LogP contribution >= 0.6 is 0 Å². The number of benzene rings is 2. The summed E-state index contributed by atoms with van der Waals surface area (Å²) in [5.74, 6) is 0.849. The molecule has 0 saturated carbocycles. The molecule has 0 unspecified atom stereocenters. The smallest absolute Gasteiger partial charge is 0.161 e. The van der Waals surface area contributed by atoms with E-state index in [-0.39, 0.29) is 0 Å². The van der Waals surface area contributed by atoms with Gasteiger partial charge in [0.15, 0.2) is 11.3 Å². The molecule has 2 aromatic carbocycles. The van der Waals surface area contributed by atoms with Crippen LogP contribution in [0.3, 0.4) is 0 Å². The summed E-state index contributed by atoms with van der Waals surface area (Å²) in [6.45, 7) is 3.49. The highest BCUT2D eigenvalue weighted by Crippen LogP contribution is 2.25. The van der Waals surface area contributed by atoms with Crippen LogP contribution in [-0.4, -0.2) is 20.2 Å². The van der Waals surface area contributed by atoms with Crippen LogP contribution in [0.5, 0.6) is 0 Å². The Morgan fingerprint density at radius 1 is 0.800 bits per heavy atom. The first-order valence-electron chi connectivity index (χ1n) is 8.30. The fourth-order valence-corrected chi connectivity index (χ4v) is 2.98. The maximum Gasteiger partial charge on any atom is 0.161 e. The molecule has 4 rings (SSSR count). The summed E-state index contributed by atoms with van der Waals surface area (Å²) in [6, 6.07) is 20.8. The third-order valence-corrected chi connectivity index (χ3v) is 4.23. The van der Waals surface area contributed by atoms with Crippen LogP contribution in [0.1, 0.15) is 16.8 Å². The second-order valence-electron chi connectivity index (χ2n) is 6.07. The van der Waals surface area contributed by atoms with Crippen molar-refractivity contribution in [3.05, 3.63) is 83.8 Å². The first-order chi connectivity index (χ1) is 12.3. The zero-order chi connectivity index (χ0) is 17.1. The van der Waals surface area contributed by atoms with Crippen molar-refractivity contribution >= 4 is 16.9 Å². The molecule has 2 heterocycles. The summed E-state index contributed by atoms with van der Waals surface area (Å²) in [6.07, 6.45) is 1.61. The van der Waals surface area contributed by atoms with E-state index < -0.39 is 0 Å². The topological polar surface area (TPSA) is 57.7 Å². The van der Waals surface area contributed by atoms with Crippen LogP contribution in [0.2, 0.25) is 0 Å². The number of H-pyrrole nitrogens is 1. The van der Waals surface area contributed by atoms with Crippen molar-refractivity contribution in [1.29, 1.82) is 0 Å². The van der Waals surface area contributed by atoms with Crippen molar-refractivity contribution < 1.29 is 0 Å². The van der Waals surface area contributed by atoms with E-state index in [0.717, 1.165) is 35.6 Å². The van der Waals surface area contributed by atoms with Gasteiger partial charge in [0.1, 0.15) is 11.8 Å². The molecule has 0 aliphatic heterocycles. The molecule has 1 N–H and O–H groups in total. The number of hydrogen-bond donors (Lipinski definition) is 1. The van der Waals surface area contributed by atoms with Gasteiger partial charge in [-0.2, -0.15) is 5.10 Å². The molecule has 5 heteroatoms. The summed E-state index contributed by atoms with van der Waals surface area (Å²) in [4.78, 5) is 11.2. The summed E-state index contributed by atoms with van der Waals surface area (Å²) < 4.78 is 0. The zero-order valence-electron chi connectivity index (χ0n) is 14.1. The Hall–Kier alpha value is -3.21. The van der Waals surface area contributed by atoms with E-state index in [9.17, 15) is 0 Å². The molecule has 0 amide bonds. The Bertz CT molecular complexity index is 922. The monoisotopic (exact) mass is 329 g/mol. The fraction of sp³-hybridized carbons (Fsp3) is 0.150. The number of aryl methyl sites for hydroxylation is 1. The highest BCUT2D eigenvalue weighted by Gasteiger charge is 2.16. The van der Waals surface area contributed by atoms with Crippen LogP contribution in [0.25, 0.3) is 11.0 Å². The van der Waals surface area contributed by atoms with Crippen molar-refractivity contribution in [2.24, 2.45) is 0 Å². The maximum absolute atomic E-state index is 4.55. The van der Waals surface area contributed by atoms with Crippen LogP contribution in [0, 0.1) is 6.92 Å². The first-order valence-corrected chi connectivity index (χ1v) is 8.30. The van der Waals surface area contributed by atoms with Gasteiger partial charge in [0, 0.05) is 13.1 Å². The molecule has 25 heavy (non-hydrogen) atoms. The lowest BCUT2D eigenvalue weighted by molar-refractivity contribution is 0.784. The molecule has 0 saturated heterocycles. The predicted molar refractivity (Wildman–Crippen MR) is 99.2 cm³/mol. The Morgan fingerprint density at radius 2 is 1.40 bits per heavy atom. The molecule has 124 valence electrons. The number of nitrogens with one attached hydrogen (secondary N) is 1. The van der Waals surface area contributed by atoms with E-state index in [1.165, 1.54) is 11.1 Å². The molecule has 4 aromatic rings. The molecule has 5 nitrogen and oxygen atoms in total. The molecule has 0 aliphatic carbocycles. The van der Waals surface area contributed by atoms with Gasteiger partial charge in [0.05, 0.1) is 5.69 Å². The molecular weight excluding hydrogens is 310 g/mol. The Kier molecular flexibility index (Phi) is 4.12. The van der Waals surface area contributed by atoms with E-state index in [2.05, 4.69) is 73.6 Å². The standard InChI is InChI=1S/C20H19N5/c1-15-18-19(24-23-15)20(22-14-21-18)25(12-16-8-4-2-5-9-16)13-17-10-6-3-7-11-17/h2-11,14H,12-13H2,1H3,(H,23,24). The summed E-state index contributed by atoms with van der Waals surface area (Å²) >= 11 is 0. The van der Waals surface area contributed by atoms with Crippen LogP contribution in [0.15, 0.2) is 67.0 Å². The lowest BCUT2D eigenvalue weighted by atomic mass is 10.1. The van der Waals surface area contributed by atoms with Crippen molar-refractivity contribution in [2.75, 3.05) is 4.90 Å². The van der Waals surface area contributed by atoms with Crippen LogP contribution in [-0.2, 0) is 13.1 Å². The van der Waals surface area contributed by atoms with Gasteiger partial charge in [-0.3, -0.25) is 5.10 Å². The minimum Gasteiger partial charge on any atom is -0.346 e. The molecule has 0 spiro atoms. The number of rotatable bonds is 5. The van der Waals surface area contributed by atoms with E-state index >= 15 is 0 Å². The molecule has 0 atom stereocenters. The number of fused-ring (bicyclic) bond motifs is 1. The Morgan fingerprint density at radius 3 is 2.00 bits per heavy atom. The van der Waals surface area contributed by atoms with Gasteiger partial charge in [0.2, 0.25) is 0 Å². The predicted octanol–water partition coefficient (Wildman–Crippen LogP) is 3.87. The van der Waals surface area contributed by atoms with Gasteiger partial charge < -0.3 is 4.90 Å². The van der Waals surface area contributed by atoms with Gasteiger partial charge in [-0.05, 0) is 18.1 Å². The SMILES string of the molecule is Cc1[nH]nc2c(N(Cc3ccccc3)Cc3ccccc3)ncnc12. The normalized spacial score (nSPS) is 10.9. The lowest BCUT2D eigenvalue weighted by Crippen LogP contribution is -2.23. The molecule has 0 radical (unpaired) electrons. The summed E-state index contributed by atoms with van der Waals surface area (Å²) in [5.41, 5.74) is 5.11. The third kappa shape index (κ3) is 3.21. The van der Waals surface area contributed by atoms with Crippen LogP contribution < -0.4 is 4.90 Å². The number of hydrogen-bond acceptors (Lipinski definition) is 4. The largest absolute Gasteiger partial charge is 0.346 e. The molecular formula is C20H19N5. The summed E-state index contributed by atoms with van der Waals surface area (Å²) in [7, 11) is 0. The number of anilines is 1. The van der Waals surface area contributed by atoms with Crippen molar-refractivity contribution in [1.82, 2.24) is 20.2 Å². The van der Waals surface area contributed by atoms with Crippen molar-refractivity contribution in [2.45, 2.75) is 20.0 Å². The minimum atomic E-state index is 0.758. The second-order valence-corrected chi connectivity index (χ2v) is 6.07. The van der Waals surface area contributed by atoms with Crippen molar-refractivity contribution in [3.8, 4) is 0 Å². The minimum absolute atomic E-state index is 0.758. The summed E-state index contributed by atoms with van der Waals surface area (Å²) in [5, 5.41) is 7.45. The highest BCUT2D eigenvalue weighted by atomic mass is 15.2. The van der Waals surface area contributed by atoms with E-state index in [4.69, 9.17) is 0 Å². The quantitative estimate of drug-likeness (QED) is 0.604. The van der Waals surface area contributed by atoms with Gasteiger partial charge in [-0.25, -0.2) is 9.97 Å². The maximum atomic E-state index is 4.55. The number of aromatic nitrogens is 4. The van der Waals surface area contributed by atoms with Crippen LogP contribution in [0.4, 0.5) is 5.82 Å². The second kappa shape index (κ2) is 6.73. The average Bonchev–Trinajstić information content (AvgIpc) is 3.04. The number of aromatic amines is 1.